The third kappa shape index (κ3) is 1.61. The third-order valence-electron chi connectivity index (χ3n) is 1.14. The van der Waals surface area contributed by atoms with Crippen molar-refractivity contribution >= 4 is 26.1 Å². The van der Waals surface area contributed by atoms with Crippen LogP contribution in [0.15, 0.2) is 24.3 Å². The summed E-state index contributed by atoms with van der Waals surface area (Å²) < 4.78 is 6.39. The van der Waals surface area contributed by atoms with Crippen LogP contribution in [-0.2, 0) is 0 Å². The molecule has 1 nitrogen and oxygen atoms in total. The summed E-state index contributed by atoms with van der Waals surface area (Å²) >= 11 is 1.12. The molecule has 0 aliphatic carbocycles. The van der Waals surface area contributed by atoms with Crippen molar-refractivity contribution in [3.8, 4) is 5.75 Å². The van der Waals surface area contributed by atoms with Gasteiger partial charge in [0, 0.05) is 0 Å². The topological polar surface area (TPSA) is 9.23 Å². The van der Waals surface area contributed by atoms with E-state index < -0.39 is 0 Å². The molecule has 0 spiro atoms. The number of para-hydroxylation sites is 1. The van der Waals surface area contributed by atoms with E-state index in [9.17, 15) is 0 Å². The summed E-state index contributed by atoms with van der Waals surface area (Å²) in [7, 11) is 1.70. The molecular formula is C7H8OSn. The van der Waals surface area contributed by atoms with E-state index in [0.29, 0.717) is 0 Å². The summed E-state index contributed by atoms with van der Waals surface area (Å²) in [5.74, 6) is 1.01. The Kier molecular flexibility index (Phi) is 2.39. The molecule has 1 aromatic rings. The molecule has 0 aliphatic heterocycles. The molecule has 0 N–H and O–H groups in total. The number of benzene rings is 1. The molecule has 0 unspecified atom stereocenters. The first-order chi connectivity index (χ1) is 4.34. The van der Waals surface area contributed by atoms with Crippen molar-refractivity contribution in [2.75, 3.05) is 7.11 Å². The molecule has 2 radical (unpaired) electrons. The summed E-state index contributed by atoms with van der Waals surface area (Å²) in [6.45, 7) is 0. The standard InChI is InChI=1S/C7H7O.Sn.H/c1-8-7-5-3-2-4-6-7;;/h2-5H,1H3;;. The van der Waals surface area contributed by atoms with E-state index in [1.165, 1.54) is 3.58 Å². The van der Waals surface area contributed by atoms with Gasteiger partial charge < -0.3 is 0 Å². The third-order valence-corrected chi connectivity index (χ3v) is 2.50. The van der Waals surface area contributed by atoms with E-state index >= 15 is 0 Å². The van der Waals surface area contributed by atoms with Crippen molar-refractivity contribution in [2.24, 2.45) is 0 Å². The van der Waals surface area contributed by atoms with Gasteiger partial charge in [-0.25, -0.2) is 0 Å². The van der Waals surface area contributed by atoms with Gasteiger partial charge in [0.05, 0.1) is 0 Å². The van der Waals surface area contributed by atoms with Crippen LogP contribution in [0.3, 0.4) is 0 Å². The minimum atomic E-state index is 1.01. The van der Waals surface area contributed by atoms with Crippen molar-refractivity contribution in [1.29, 1.82) is 0 Å². The normalized spacial score (nSPS) is 9.11. The molecule has 0 fully saturated rings. The predicted octanol–water partition coefficient (Wildman–Crippen LogP) is 0.221. The quantitative estimate of drug-likeness (QED) is 0.623. The second kappa shape index (κ2) is 3.11. The average Bonchev–Trinajstić information content (AvgIpc) is 1.89. The monoisotopic (exact) mass is 228 g/mol. The Morgan fingerprint density at radius 3 is 2.44 bits per heavy atom. The Bertz CT molecular complexity index is 198. The maximum absolute atomic E-state index is 5.08. The molecule has 9 heavy (non-hydrogen) atoms. The van der Waals surface area contributed by atoms with Crippen LogP contribution >= 0.6 is 0 Å². The van der Waals surface area contributed by atoms with Crippen molar-refractivity contribution in [3.63, 3.8) is 0 Å². The summed E-state index contributed by atoms with van der Waals surface area (Å²) in [4.78, 5) is 0. The van der Waals surface area contributed by atoms with Crippen LogP contribution < -0.4 is 8.32 Å². The van der Waals surface area contributed by atoms with Gasteiger partial charge in [-0.05, 0) is 0 Å². The first kappa shape index (κ1) is 6.93. The van der Waals surface area contributed by atoms with Crippen LogP contribution in [0.4, 0.5) is 0 Å². The average molecular weight is 227 g/mol. The molecule has 0 heterocycles. The van der Waals surface area contributed by atoms with E-state index in [-0.39, 0.29) is 0 Å². The van der Waals surface area contributed by atoms with Gasteiger partial charge in [0.15, 0.2) is 0 Å². The van der Waals surface area contributed by atoms with Crippen LogP contribution in [0.5, 0.6) is 5.75 Å². The molecule has 1 aromatic carbocycles. The molecule has 46 valence electrons. The van der Waals surface area contributed by atoms with Gasteiger partial charge in [0.1, 0.15) is 0 Å². The van der Waals surface area contributed by atoms with E-state index in [4.69, 9.17) is 4.74 Å². The Morgan fingerprint density at radius 2 is 2.00 bits per heavy atom. The molecule has 0 aromatic heterocycles. The Balaban J connectivity index is 3.01. The van der Waals surface area contributed by atoms with E-state index in [2.05, 4.69) is 6.07 Å². The zero-order valence-corrected chi connectivity index (χ0v) is 8.59. The van der Waals surface area contributed by atoms with Gasteiger partial charge in [0.2, 0.25) is 0 Å². The van der Waals surface area contributed by atoms with E-state index in [1.54, 1.807) is 7.11 Å². The first-order valence-electron chi connectivity index (χ1n) is 2.73. The van der Waals surface area contributed by atoms with Crippen LogP contribution in [-0.4, -0.2) is 29.6 Å². The van der Waals surface area contributed by atoms with E-state index in [1.807, 2.05) is 18.2 Å². The van der Waals surface area contributed by atoms with Gasteiger partial charge in [-0.1, -0.05) is 0 Å². The molecule has 1 rings (SSSR count). The molecule has 0 bridgehead atoms. The Hall–Kier alpha value is -0.181. The van der Waals surface area contributed by atoms with Crippen LogP contribution in [0.1, 0.15) is 0 Å². The minimum absolute atomic E-state index is 1.01. The molecule has 0 saturated heterocycles. The van der Waals surface area contributed by atoms with Crippen LogP contribution in [0, 0.1) is 0 Å². The van der Waals surface area contributed by atoms with Gasteiger partial charge in [-0.2, -0.15) is 0 Å². The van der Waals surface area contributed by atoms with Gasteiger partial charge in [-0.3, -0.25) is 0 Å². The second-order valence-electron chi connectivity index (χ2n) is 1.74. The SMILES string of the molecule is COc1cccc[c]1[SnH]. The second-order valence-corrected chi connectivity index (χ2v) is 3.52. The molecule has 0 amide bonds. The van der Waals surface area contributed by atoms with Crippen LogP contribution in [0.2, 0.25) is 0 Å². The molecule has 0 saturated carbocycles. The predicted molar refractivity (Wildman–Crippen MR) is 39.8 cm³/mol. The maximum atomic E-state index is 5.08. The Morgan fingerprint density at radius 1 is 1.33 bits per heavy atom. The van der Waals surface area contributed by atoms with Crippen molar-refractivity contribution < 1.29 is 4.74 Å². The van der Waals surface area contributed by atoms with Crippen molar-refractivity contribution in [3.05, 3.63) is 24.3 Å². The zero-order valence-electron chi connectivity index (χ0n) is 5.29. The fourth-order valence-corrected chi connectivity index (χ4v) is 1.59. The fourth-order valence-electron chi connectivity index (χ4n) is 0.666. The summed E-state index contributed by atoms with van der Waals surface area (Å²) in [6.07, 6.45) is 0. The van der Waals surface area contributed by atoms with Gasteiger partial charge in [-0.15, -0.1) is 0 Å². The first-order valence-corrected chi connectivity index (χ1v) is 4.38. The zero-order chi connectivity index (χ0) is 6.69. The molecule has 2 heteroatoms. The number of hydrogen-bond acceptors (Lipinski definition) is 1. The molecule has 0 aliphatic rings. The molecule has 0 atom stereocenters. The number of hydrogen-bond donors (Lipinski definition) is 0. The summed E-state index contributed by atoms with van der Waals surface area (Å²) in [6, 6.07) is 8.09. The molecular weight excluding hydrogens is 219 g/mol. The number of methoxy groups -OCH3 is 1. The number of ether oxygens (including phenoxy) is 1. The van der Waals surface area contributed by atoms with Crippen LogP contribution in [0.25, 0.3) is 0 Å². The van der Waals surface area contributed by atoms with Gasteiger partial charge in [0.25, 0.3) is 0 Å². The Labute approximate surface area is 68.1 Å². The van der Waals surface area contributed by atoms with E-state index in [0.717, 1.165) is 28.3 Å². The number of rotatable bonds is 1. The summed E-state index contributed by atoms with van der Waals surface area (Å²) in [5.41, 5.74) is 0. The van der Waals surface area contributed by atoms with Crippen molar-refractivity contribution in [2.45, 2.75) is 0 Å². The fraction of sp³-hybridized carbons (Fsp3) is 0.143. The van der Waals surface area contributed by atoms with Gasteiger partial charge >= 0.3 is 68.0 Å². The van der Waals surface area contributed by atoms with Crippen molar-refractivity contribution in [1.82, 2.24) is 0 Å². The summed E-state index contributed by atoms with van der Waals surface area (Å²) in [5, 5.41) is 0.